The van der Waals surface area contributed by atoms with Crippen LogP contribution in [0.5, 0.6) is 5.75 Å². The predicted molar refractivity (Wildman–Crippen MR) is 137 cm³/mol. The third-order valence-electron chi connectivity index (χ3n) is 6.10. The second-order valence-electron chi connectivity index (χ2n) is 9.01. The number of ether oxygens (including phenoxy) is 1. The van der Waals surface area contributed by atoms with Crippen molar-refractivity contribution in [3.63, 3.8) is 0 Å². The summed E-state index contributed by atoms with van der Waals surface area (Å²) >= 11 is 0. The zero-order valence-corrected chi connectivity index (χ0v) is 20.7. The Morgan fingerprint density at radius 3 is 2.25 bits per heavy atom. The van der Waals surface area contributed by atoms with E-state index < -0.39 is 0 Å². The van der Waals surface area contributed by atoms with Crippen molar-refractivity contribution in [2.45, 2.75) is 97.8 Å². The summed E-state index contributed by atoms with van der Waals surface area (Å²) in [6, 6.07) is 8.15. The molecule has 0 aliphatic rings. The van der Waals surface area contributed by atoms with Gasteiger partial charge in [0, 0.05) is 18.0 Å². The molecule has 2 rings (SSSR count). The summed E-state index contributed by atoms with van der Waals surface area (Å²) in [4.78, 5) is 9.17. The molecule has 1 aromatic heterocycles. The first-order valence-corrected chi connectivity index (χ1v) is 12.9. The zero-order chi connectivity index (χ0) is 22.9. The number of benzene rings is 1. The van der Waals surface area contributed by atoms with E-state index in [-0.39, 0.29) is 0 Å². The molecule has 0 bridgehead atoms. The molecule has 176 valence electrons. The van der Waals surface area contributed by atoms with Crippen LogP contribution in [0.25, 0.3) is 11.4 Å². The molecule has 0 saturated carbocycles. The van der Waals surface area contributed by atoms with E-state index in [0.29, 0.717) is 0 Å². The van der Waals surface area contributed by atoms with Crippen LogP contribution in [0.15, 0.2) is 48.8 Å². The molecule has 0 N–H and O–H groups in total. The van der Waals surface area contributed by atoms with Crippen LogP contribution in [0.1, 0.15) is 97.0 Å². The molecule has 2 aromatic rings. The highest BCUT2D eigenvalue weighted by atomic mass is 16.5. The number of hydrogen-bond donors (Lipinski definition) is 0. The first-order valence-electron chi connectivity index (χ1n) is 12.9. The van der Waals surface area contributed by atoms with Gasteiger partial charge in [0.15, 0.2) is 5.82 Å². The van der Waals surface area contributed by atoms with Crippen molar-refractivity contribution in [1.82, 2.24) is 9.97 Å². The SMILES string of the molecule is CCCCC=CCCCCOc1ccc(-c2ncc(CCCCC[C@@H](C)CC)cn2)cc1. The number of nitrogens with zero attached hydrogens (tertiary/aromatic N) is 2. The van der Waals surface area contributed by atoms with Crippen LogP contribution in [0.3, 0.4) is 0 Å². The van der Waals surface area contributed by atoms with Gasteiger partial charge in [-0.05, 0) is 74.3 Å². The van der Waals surface area contributed by atoms with Gasteiger partial charge in [0.25, 0.3) is 0 Å². The molecule has 0 saturated heterocycles. The molecule has 0 amide bonds. The fraction of sp³-hybridized carbons (Fsp3) is 0.586. The number of aromatic nitrogens is 2. The number of aryl methyl sites for hydroxylation is 1. The smallest absolute Gasteiger partial charge is 0.159 e. The molecule has 0 fully saturated rings. The topological polar surface area (TPSA) is 35.0 Å². The normalized spacial score (nSPS) is 12.3. The van der Waals surface area contributed by atoms with Crippen LogP contribution >= 0.6 is 0 Å². The minimum Gasteiger partial charge on any atom is -0.494 e. The minimum atomic E-state index is 0.769. The van der Waals surface area contributed by atoms with Crippen molar-refractivity contribution in [3.05, 3.63) is 54.4 Å². The fourth-order valence-electron chi connectivity index (χ4n) is 3.65. The van der Waals surface area contributed by atoms with Gasteiger partial charge in [-0.2, -0.15) is 0 Å². The fourth-order valence-corrected chi connectivity index (χ4v) is 3.65. The molecule has 3 nitrogen and oxygen atoms in total. The van der Waals surface area contributed by atoms with Gasteiger partial charge in [0.2, 0.25) is 0 Å². The molecule has 32 heavy (non-hydrogen) atoms. The monoisotopic (exact) mass is 436 g/mol. The Balaban J connectivity index is 1.65. The van der Waals surface area contributed by atoms with E-state index in [2.05, 4.69) is 55.0 Å². The van der Waals surface area contributed by atoms with E-state index in [4.69, 9.17) is 4.74 Å². The molecule has 1 aromatic carbocycles. The predicted octanol–water partition coefficient (Wildman–Crippen LogP) is 8.59. The van der Waals surface area contributed by atoms with E-state index in [1.807, 2.05) is 24.5 Å². The van der Waals surface area contributed by atoms with Crippen molar-refractivity contribution in [1.29, 1.82) is 0 Å². The van der Waals surface area contributed by atoms with Gasteiger partial charge in [-0.1, -0.05) is 71.4 Å². The Hall–Kier alpha value is -2.16. The summed E-state index contributed by atoms with van der Waals surface area (Å²) in [5, 5.41) is 0. The minimum absolute atomic E-state index is 0.769. The average Bonchev–Trinajstić information content (AvgIpc) is 2.83. The Morgan fingerprint density at radius 1 is 0.844 bits per heavy atom. The van der Waals surface area contributed by atoms with E-state index in [0.717, 1.165) is 48.9 Å². The van der Waals surface area contributed by atoms with Crippen LogP contribution in [-0.4, -0.2) is 16.6 Å². The summed E-state index contributed by atoms with van der Waals surface area (Å²) in [7, 11) is 0. The molecule has 0 aliphatic heterocycles. The van der Waals surface area contributed by atoms with Gasteiger partial charge in [0.1, 0.15) is 5.75 Å². The molecule has 0 radical (unpaired) electrons. The molecular formula is C29H44N2O. The summed E-state index contributed by atoms with van der Waals surface area (Å²) in [6.45, 7) is 7.63. The van der Waals surface area contributed by atoms with Crippen LogP contribution in [0.4, 0.5) is 0 Å². The second-order valence-corrected chi connectivity index (χ2v) is 9.01. The average molecular weight is 437 g/mol. The number of allylic oxidation sites excluding steroid dienone is 2. The van der Waals surface area contributed by atoms with E-state index in [9.17, 15) is 0 Å². The van der Waals surface area contributed by atoms with Crippen molar-refractivity contribution in [2.24, 2.45) is 5.92 Å². The van der Waals surface area contributed by atoms with Gasteiger partial charge in [-0.15, -0.1) is 0 Å². The van der Waals surface area contributed by atoms with Crippen molar-refractivity contribution in [2.75, 3.05) is 6.61 Å². The molecule has 0 aliphatic carbocycles. The molecule has 1 heterocycles. The van der Waals surface area contributed by atoms with Crippen LogP contribution in [0.2, 0.25) is 0 Å². The maximum absolute atomic E-state index is 5.88. The molecule has 0 spiro atoms. The van der Waals surface area contributed by atoms with Crippen molar-refractivity contribution < 1.29 is 4.74 Å². The Bertz CT molecular complexity index is 737. The molecular weight excluding hydrogens is 392 g/mol. The maximum atomic E-state index is 5.88. The summed E-state index contributed by atoms with van der Waals surface area (Å²) in [6.07, 6.45) is 23.3. The molecule has 3 heteroatoms. The Morgan fingerprint density at radius 2 is 1.56 bits per heavy atom. The molecule has 0 unspecified atom stereocenters. The molecule has 1 atom stereocenters. The standard InChI is InChI=1S/C29H44N2O/c1-4-6-7-8-9-10-11-15-22-32-28-20-18-27(19-21-28)29-30-23-26(24-31-29)17-14-12-13-16-25(3)5-2/h8-9,18-21,23-25H,4-7,10-17,22H2,1-3H3/t25-/m0/s1. The van der Waals surface area contributed by atoms with Crippen molar-refractivity contribution in [3.8, 4) is 17.1 Å². The first kappa shape index (κ1) is 26.1. The van der Waals surface area contributed by atoms with E-state index >= 15 is 0 Å². The maximum Gasteiger partial charge on any atom is 0.159 e. The van der Waals surface area contributed by atoms with Gasteiger partial charge in [-0.25, -0.2) is 9.97 Å². The van der Waals surface area contributed by atoms with Crippen LogP contribution in [-0.2, 0) is 6.42 Å². The summed E-state index contributed by atoms with van der Waals surface area (Å²) < 4.78 is 5.88. The highest BCUT2D eigenvalue weighted by Gasteiger charge is 2.04. The Labute approximate surface area is 196 Å². The number of unbranched alkanes of at least 4 members (excludes halogenated alkanes) is 6. The lowest BCUT2D eigenvalue weighted by molar-refractivity contribution is 0.307. The second kappa shape index (κ2) is 16.5. The third-order valence-corrected chi connectivity index (χ3v) is 6.10. The van der Waals surface area contributed by atoms with Gasteiger partial charge in [0.05, 0.1) is 6.61 Å². The Kier molecular flexibility index (Phi) is 13.4. The van der Waals surface area contributed by atoms with Crippen LogP contribution in [0, 0.1) is 5.92 Å². The number of hydrogen-bond acceptors (Lipinski definition) is 3. The lowest BCUT2D eigenvalue weighted by atomic mass is 10.00. The van der Waals surface area contributed by atoms with E-state index in [1.54, 1.807) is 0 Å². The summed E-state index contributed by atoms with van der Waals surface area (Å²) in [5.41, 5.74) is 2.27. The highest BCUT2D eigenvalue weighted by molar-refractivity contribution is 5.55. The summed E-state index contributed by atoms with van der Waals surface area (Å²) in [5.74, 6) is 2.56. The van der Waals surface area contributed by atoms with Gasteiger partial charge < -0.3 is 4.74 Å². The zero-order valence-electron chi connectivity index (χ0n) is 20.7. The van der Waals surface area contributed by atoms with Gasteiger partial charge in [-0.3, -0.25) is 0 Å². The largest absolute Gasteiger partial charge is 0.494 e. The van der Waals surface area contributed by atoms with Gasteiger partial charge >= 0.3 is 0 Å². The lowest BCUT2D eigenvalue weighted by Gasteiger charge is -2.08. The lowest BCUT2D eigenvalue weighted by Crippen LogP contribution is -1.97. The van der Waals surface area contributed by atoms with Crippen molar-refractivity contribution >= 4 is 0 Å². The third kappa shape index (κ3) is 10.9. The highest BCUT2D eigenvalue weighted by Crippen LogP contribution is 2.20. The van der Waals surface area contributed by atoms with Crippen LogP contribution < -0.4 is 4.74 Å². The first-order chi connectivity index (χ1) is 15.7. The van der Waals surface area contributed by atoms with E-state index in [1.165, 1.54) is 63.4 Å². The quantitative estimate of drug-likeness (QED) is 0.184. The number of rotatable bonds is 17.